The van der Waals surface area contributed by atoms with Crippen LogP contribution in [0.15, 0.2) is 41.5 Å². The molecule has 3 rings (SSSR count). The van der Waals surface area contributed by atoms with Gasteiger partial charge in [-0.25, -0.2) is 5.10 Å². The molecule has 0 bridgehead atoms. The van der Waals surface area contributed by atoms with Crippen LogP contribution < -0.4 is 0 Å². The average molecular weight is 381 g/mol. The largest absolute Gasteiger partial charge is 0.508 e. The fourth-order valence-corrected chi connectivity index (χ4v) is 2.68. The third-order valence-corrected chi connectivity index (χ3v) is 3.96. The van der Waals surface area contributed by atoms with Gasteiger partial charge in [-0.2, -0.15) is 14.9 Å². The van der Waals surface area contributed by atoms with Crippen LogP contribution in [0.2, 0.25) is 10.0 Å². The van der Waals surface area contributed by atoms with Gasteiger partial charge in [0.2, 0.25) is 4.77 Å². The highest BCUT2D eigenvalue weighted by molar-refractivity contribution is 7.71. The van der Waals surface area contributed by atoms with E-state index in [0.29, 0.717) is 27.0 Å². The van der Waals surface area contributed by atoms with Gasteiger partial charge >= 0.3 is 0 Å². The fourth-order valence-electron chi connectivity index (χ4n) is 2.01. The lowest BCUT2D eigenvalue weighted by molar-refractivity contribution is 0.450. The van der Waals surface area contributed by atoms with E-state index in [-0.39, 0.29) is 16.3 Å². The van der Waals surface area contributed by atoms with Crippen LogP contribution in [0, 0.1) is 4.77 Å². The van der Waals surface area contributed by atoms with Gasteiger partial charge in [0.1, 0.15) is 11.5 Å². The Morgan fingerprint density at radius 1 is 1.17 bits per heavy atom. The molecular formula is C15H10Cl2N4O2S. The number of aromatic nitrogens is 3. The number of rotatable bonds is 3. The molecule has 2 aromatic carbocycles. The Labute approximate surface area is 151 Å². The predicted octanol–water partition coefficient (Wildman–Crippen LogP) is 4.21. The number of halogens is 2. The number of nitrogens with one attached hydrogen (secondary N) is 1. The molecule has 1 aromatic heterocycles. The summed E-state index contributed by atoms with van der Waals surface area (Å²) in [6, 6.07) is 9.16. The zero-order chi connectivity index (χ0) is 17.3. The summed E-state index contributed by atoms with van der Waals surface area (Å²) in [4.78, 5) is 0. The first-order valence-electron chi connectivity index (χ1n) is 6.65. The lowest BCUT2D eigenvalue weighted by atomic mass is 10.2. The second-order valence-corrected chi connectivity index (χ2v) is 6.01. The lowest BCUT2D eigenvalue weighted by Gasteiger charge is -2.04. The SMILES string of the molecule is Oc1ccc(/C=N\n2c(-c3ccc(Cl)cc3Cl)n[nH]c2=S)c(O)c1. The minimum absolute atomic E-state index is 0.0433. The van der Waals surface area contributed by atoms with E-state index >= 15 is 0 Å². The molecule has 0 unspecified atom stereocenters. The van der Waals surface area contributed by atoms with Crippen molar-refractivity contribution < 1.29 is 10.2 Å². The number of hydrogen-bond acceptors (Lipinski definition) is 5. The molecule has 0 aliphatic rings. The van der Waals surface area contributed by atoms with Crippen LogP contribution in [-0.2, 0) is 0 Å². The molecule has 9 heteroatoms. The first-order chi connectivity index (χ1) is 11.5. The molecule has 3 aromatic rings. The number of nitrogens with zero attached hydrogens (tertiary/aromatic N) is 3. The van der Waals surface area contributed by atoms with Gasteiger partial charge in [-0.15, -0.1) is 0 Å². The van der Waals surface area contributed by atoms with E-state index in [4.69, 9.17) is 35.4 Å². The third-order valence-electron chi connectivity index (χ3n) is 3.15. The van der Waals surface area contributed by atoms with Gasteiger partial charge in [-0.1, -0.05) is 23.2 Å². The van der Waals surface area contributed by atoms with E-state index in [1.807, 2.05) is 0 Å². The maximum absolute atomic E-state index is 9.80. The number of benzene rings is 2. The Morgan fingerprint density at radius 2 is 1.96 bits per heavy atom. The van der Waals surface area contributed by atoms with Crippen molar-refractivity contribution in [3.63, 3.8) is 0 Å². The fraction of sp³-hybridized carbons (Fsp3) is 0. The van der Waals surface area contributed by atoms with Crippen LogP contribution >= 0.6 is 35.4 Å². The van der Waals surface area contributed by atoms with Gasteiger partial charge in [0, 0.05) is 22.2 Å². The van der Waals surface area contributed by atoms with Gasteiger partial charge in [0.25, 0.3) is 0 Å². The van der Waals surface area contributed by atoms with E-state index in [2.05, 4.69) is 15.3 Å². The first kappa shape index (κ1) is 16.5. The summed E-state index contributed by atoms with van der Waals surface area (Å²) in [5.41, 5.74) is 1.00. The molecule has 0 spiro atoms. The summed E-state index contributed by atoms with van der Waals surface area (Å²) in [7, 11) is 0. The van der Waals surface area contributed by atoms with Gasteiger partial charge in [-0.3, -0.25) is 0 Å². The molecular weight excluding hydrogens is 371 g/mol. The van der Waals surface area contributed by atoms with Crippen molar-refractivity contribution in [2.75, 3.05) is 0 Å². The second-order valence-electron chi connectivity index (χ2n) is 4.78. The Kier molecular flexibility index (Phi) is 4.57. The second kappa shape index (κ2) is 6.64. The Hall–Kier alpha value is -2.35. The summed E-state index contributed by atoms with van der Waals surface area (Å²) in [6.45, 7) is 0. The molecule has 0 atom stereocenters. The predicted molar refractivity (Wildman–Crippen MR) is 95.6 cm³/mol. The van der Waals surface area contributed by atoms with Gasteiger partial charge in [0.15, 0.2) is 5.82 Å². The Bertz CT molecular complexity index is 997. The van der Waals surface area contributed by atoms with Crippen molar-refractivity contribution in [1.29, 1.82) is 0 Å². The van der Waals surface area contributed by atoms with Crippen molar-refractivity contribution >= 4 is 41.6 Å². The zero-order valence-corrected chi connectivity index (χ0v) is 14.3. The zero-order valence-electron chi connectivity index (χ0n) is 11.9. The lowest BCUT2D eigenvalue weighted by Crippen LogP contribution is -1.96. The topological polar surface area (TPSA) is 86.4 Å². The highest BCUT2D eigenvalue weighted by atomic mass is 35.5. The van der Waals surface area contributed by atoms with Crippen molar-refractivity contribution in [2.24, 2.45) is 5.10 Å². The molecule has 0 amide bonds. The standard InChI is InChI=1S/C15H10Cl2N4O2S/c16-9-2-4-11(12(17)5-9)14-19-20-15(24)21(14)18-7-8-1-3-10(22)6-13(8)23/h1-7,22-23H,(H,20,24)/b18-7-. The van der Waals surface area contributed by atoms with Crippen LogP contribution in [-0.4, -0.2) is 31.3 Å². The molecule has 3 N–H and O–H groups in total. The minimum Gasteiger partial charge on any atom is -0.508 e. The van der Waals surface area contributed by atoms with Crippen molar-refractivity contribution in [2.45, 2.75) is 0 Å². The maximum Gasteiger partial charge on any atom is 0.216 e. The van der Waals surface area contributed by atoms with Crippen molar-refractivity contribution in [1.82, 2.24) is 14.9 Å². The van der Waals surface area contributed by atoms with E-state index in [0.717, 1.165) is 0 Å². The summed E-state index contributed by atoms with van der Waals surface area (Å²) in [6.07, 6.45) is 1.40. The average Bonchev–Trinajstić information content (AvgIpc) is 2.87. The molecule has 0 aliphatic carbocycles. The summed E-state index contributed by atoms with van der Waals surface area (Å²) in [5, 5.41) is 31.0. The van der Waals surface area contributed by atoms with Crippen LogP contribution in [0.25, 0.3) is 11.4 Å². The number of H-pyrrole nitrogens is 1. The molecule has 0 radical (unpaired) electrons. The van der Waals surface area contributed by atoms with E-state index in [9.17, 15) is 10.2 Å². The van der Waals surface area contributed by atoms with E-state index in [1.54, 1.807) is 18.2 Å². The first-order valence-corrected chi connectivity index (χ1v) is 7.81. The number of phenolic OH excluding ortho intramolecular Hbond substituents is 2. The van der Waals surface area contributed by atoms with Gasteiger partial charge < -0.3 is 10.2 Å². The van der Waals surface area contributed by atoms with Crippen LogP contribution in [0.5, 0.6) is 11.5 Å². The quantitative estimate of drug-likeness (QED) is 0.469. The molecule has 0 saturated heterocycles. The molecule has 6 nitrogen and oxygen atoms in total. The summed E-state index contributed by atoms with van der Waals surface area (Å²) < 4.78 is 1.63. The number of phenols is 2. The Balaban J connectivity index is 2.05. The van der Waals surface area contributed by atoms with Crippen molar-refractivity contribution in [3.8, 4) is 22.9 Å². The monoisotopic (exact) mass is 380 g/mol. The molecule has 0 aliphatic heterocycles. The van der Waals surface area contributed by atoms with E-state index < -0.39 is 0 Å². The smallest absolute Gasteiger partial charge is 0.216 e. The van der Waals surface area contributed by atoms with Crippen LogP contribution in [0.4, 0.5) is 0 Å². The Morgan fingerprint density at radius 3 is 2.67 bits per heavy atom. The highest BCUT2D eigenvalue weighted by Crippen LogP contribution is 2.29. The summed E-state index contributed by atoms with van der Waals surface area (Å²) in [5.74, 6) is 0.245. The van der Waals surface area contributed by atoms with Crippen LogP contribution in [0.1, 0.15) is 5.56 Å². The number of aromatic hydroxyl groups is 2. The number of hydrogen-bond donors (Lipinski definition) is 3. The van der Waals surface area contributed by atoms with Crippen molar-refractivity contribution in [3.05, 3.63) is 56.8 Å². The molecule has 0 fully saturated rings. The molecule has 24 heavy (non-hydrogen) atoms. The molecule has 122 valence electrons. The van der Waals surface area contributed by atoms with Gasteiger partial charge in [-0.05, 0) is 42.5 Å². The number of aromatic amines is 1. The summed E-state index contributed by atoms with van der Waals surface area (Å²) >= 11 is 17.3. The molecule has 1 heterocycles. The molecule has 0 saturated carbocycles. The van der Waals surface area contributed by atoms with E-state index in [1.165, 1.54) is 29.1 Å². The normalized spacial score (nSPS) is 11.2. The van der Waals surface area contributed by atoms with Gasteiger partial charge in [0.05, 0.1) is 11.2 Å². The highest BCUT2D eigenvalue weighted by Gasteiger charge is 2.12. The minimum atomic E-state index is -0.111. The maximum atomic E-state index is 9.80. The van der Waals surface area contributed by atoms with Crippen LogP contribution in [0.3, 0.4) is 0 Å². The third kappa shape index (κ3) is 3.28.